The van der Waals surface area contributed by atoms with Gasteiger partial charge in [-0.15, -0.1) is 0 Å². The van der Waals surface area contributed by atoms with Crippen LogP contribution in [0.2, 0.25) is 0 Å². The van der Waals surface area contributed by atoms with E-state index >= 15 is 0 Å². The molecule has 2 rings (SSSR count). The lowest BCUT2D eigenvalue weighted by molar-refractivity contribution is 0.0950. The first kappa shape index (κ1) is 14.1. The Morgan fingerprint density at radius 3 is 2.75 bits per heavy atom. The van der Waals surface area contributed by atoms with Gasteiger partial charge in [-0.25, -0.2) is 4.39 Å². The van der Waals surface area contributed by atoms with Crippen molar-refractivity contribution in [1.82, 2.24) is 5.32 Å². The molecule has 0 atom stereocenters. The van der Waals surface area contributed by atoms with E-state index in [1.807, 2.05) is 31.2 Å². The fourth-order valence-electron chi connectivity index (χ4n) is 2.01. The number of halogens is 1. The molecule has 0 saturated carbocycles. The number of anilines is 1. The smallest absolute Gasteiger partial charge is 0.254 e. The van der Waals surface area contributed by atoms with E-state index in [-0.39, 0.29) is 5.56 Å². The largest absolute Gasteiger partial charge is 0.399 e. The predicted molar refractivity (Wildman–Crippen MR) is 78.0 cm³/mol. The molecule has 0 aliphatic rings. The third kappa shape index (κ3) is 3.35. The molecule has 0 aliphatic carbocycles. The van der Waals surface area contributed by atoms with E-state index in [2.05, 4.69) is 5.32 Å². The number of carbonyl (C=O) groups is 1. The van der Waals surface area contributed by atoms with Crippen molar-refractivity contribution in [3.8, 4) is 0 Å². The molecular formula is C16H17FN2O. The minimum absolute atomic E-state index is 0.0187. The Bertz CT molecular complexity index is 626. The average molecular weight is 272 g/mol. The fourth-order valence-corrected chi connectivity index (χ4v) is 2.01. The Balaban J connectivity index is 1.96. The first-order valence-electron chi connectivity index (χ1n) is 6.45. The van der Waals surface area contributed by atoms with Crippen LogP contribution in [-0.4, -0.2) is 12.5 Å². The molecular weight excluding hydrogens is 255 g/mol. The summed E-state index contributed by atoms with van der Waals surface area (Å²) in [5.41, 5.74) is 8.26. The van der Waals surface area contributed by atoms with Gasteiger partial charge < -0.3 is 11.1 Å². The van der Waals surface area contributed by atoms with Crippen LogP contribution in [0.25, 0.3) is 0 Å². The number of nitrogens with one attached hydrogen (secondary N) is 1. The molecule has 0 aliphatic heterocycles. The van der Waals surface area contributed by atoms with Gasteiger partial charge in [0.25, 0.3) is 5.91 Å². The second-order valence-electron chi connectivity index (χ2n) is 4.67. The Morgan fingerprint density at radius 1 is 1.25 bits per heavy atom. The van der Waals surface area contributed by atoms with Gasteiger partial charge in [0.05, 0.1) is 5.56 Å². The number of aryl methyl sites for hydroxylation is 1. The molecule has 0 saturated heterocycles. The van der Waals surface area contributed by atoms with Gasteiger partial charge in [-0.3, -0.25) is 4.79 Å². The summed E-state index contributed by atoms with van der Waals surface area (Å²) >= 11 is 0. The number of rotatable bonds is 4. The van der Waals surface area contributed by atoms with Crippen LogP contribution in [0, 0.1) is 12.7 Å². The number of hydrogen-bond donors (Lipinski definition) is 2. The van der Waals surface area contributed by atoms with Crippen molar-refractivity contribution in [3.63, 3.8) is 0 Å². The van der Waals surface area contributed by atoms with Crippen LogP contribution in [0.5, 0.6) is 0 Å². The Labute approximate surface area is 117 Å². The summed E-state index contributed by atoms with van der Waals surface area (Å²) in [5, 5.41) is 2.71. The second kappa shape index (κ2) is 6.19. The van der Waals surface area contributed by atoms with E-state index in [1.54, 1.807) is 0 Å². The van der Waals surface area contributed by atoms with Crippen LogP contribution in [-0.2, 0) is 6.42 Å². The number of amides is 1. The minimum Gasteiger partial charge on any atom is -0.399 e. The third-order valence-corrected chi connectivity index (χ3v) is 3.18. The van der Waals surface area contributed by atoms with Gasteiger partial charge in [-0.2, -0.15) is 0 Å². The highest BCUT2D eigenvalue weighted by atomic mass is 19.1. The summed E-state index contributed by atoms with van der Waals surface area (Å²) in [6.45, 7) is 2.48. The molecule has 2 aromatic carbocycles. The highest BCUT2D eigenvalue weighted by molar-refractivity contribution is 5.95. The van der Waals surface area contributed by atoms with Crippen molar-refractivity contribution < 1.29 is 9.18 Å². The molecule has 104 valence electrons. The van der Waals surface area contributed by atoms with Crippen molar-refractivity contribution >= 4 is 11.6 Å². The van der Waals surface area contributed by atoms with Crippen LogP contribution in [0.15, 0.2) is 42.5 Å². The number of nitrogens with two attached hydrogens (primary N) is 1. The zero-order valence-electron chi connectivity index (χ0n) is 11.3. The van der Waals surface area contributed by atoms with E-state index in [9.17, 15) is 9.18 Å². The lowest BCUT2D eigenvalue weighted by Crippen LogP contribution is -2.26. The molecule has 20 heavy (non-hydrogen) atoms. The van der Waals surface area contributed by atoms with Gasteiger partial charge in [-0.05, 0) is 42.7 Å². The van der Waals surface area contributed by atoms with E-state index in [4.69, 9.17) is 5.73 Å². The van der Waals surface area contributed by atoms with Crippen LogP contribution >= 0.6 is 0 Å². The molecule has 4 heteroatoms. The molecule has 1 amide bonds. The quantitative estimate of drug-likeness (QED) is 0.841. The monoisotopic (exact) mass is 272 g/mol. The normalized spacial score (nSPS) is 10.3. The van der Waals surface area contributed by atoms with Crippen LogP contribution < -0.4 is 11.1 Å². The topological polar surface area (TPSA) is 55.1 Å². The van der Waals surface area contributed by atoms with Gasteiger partial charge in [0.2, 0.25) is 0 Å². The molecule has 3 nitrogen and oxygen atoms in total. The summed E-state index contributed by atoms with van der Waals surface area (Å²) in [6, 6.07) is 11.9. The Kier molecular flexibility index (Phi) is 4.35. The molecule has 2 aromatic rings. The van der Waals surface area contributed by atoms with E-state index < -0.39 is 11.7 Å². The zero-order valence-corrected chi connectivity index (χ0v) is 11.3. The van der Waals surface area contributed by atoms with Crippen molar-refractivity contribution in [3.05, 3.63) is 65.0 Å². The zero-order chi connectivity index (χ0) is 14.5. The molecule has 0 bridgehead atoms. The molecule has 0 fully saturated rings. The molecule has 0 heterocycles. The summed E-state index contributed by atoms with van der Waals surface area (Å²) in [5.74, 6) is -1.00. The van der Waals surface area contributed by atoms with E-state index in [0.29, 0.717) is 18.7 Å². The Hall–Kier alpha value is -2.36. The van der Waals surface area contributed by atoms with Gasteiger partial charge in [-0.1, -0.05) is 24.3 Å². The maximum absolute atomic E-state index is 13.5. The van der Waals surface area contributed by atoms with Crippen LogP contribution in [0.3, 0.4) is 0 Å². The number of carbonyl (C=O) groups excluding carboxylic acids is 1. The number of nitrogen functional groups attached to an aromatic ring is 1. The van der Waals surface area contributed by atoms with Gasteiger partial charge in [0, 0.05) is 12.2 Å². The van der Waals surface area contributed by atoms with Gasteiger partial charge >= 0.3 is 0 Å². The number of benzene rings is 2. The van der Waals surface area contributed by atoms with Gasteiger partial charge in [0.1, 0.15) is 5.82 Å². The highest BCUT2D eigenvalue weighted by Crippen LogP contribution is 2.12. The maximum Gasteiger partial charge on any atom is 0.254 e. The van der Waals surface area contributed by atoms with E-state index in [0.717, 1.165) is 0 Å². The molecule has 0 spiro atoms. The maximum atomic E-state index is 13.5. The molecule has 0 unspecified atom stereocenters. The summed E-state index contributed by atoms with van der Waals surface area (Å²) in [6.07, 6.45) is 0.711. The predicted octanol–water partition coefficient (Wildman–Crippen LogP) is 2.69. The van der Waals surface area contributed by atoms with Crippen LogP contribution in [0.4, 0.5) is 10.1 Å². The second-order valence-corrected chi connectivity index (χ2v) is 4.67. The molecule has 0 radical (unpaired) electrons. The number of hydrogen-bond acceptors (Lipinski definition) is 2. The fraction of sp³-hybridized carbons (Fsp3) is 0.188. The Morgan fingerprint density at radius 2 is 2.00 bits per heavy atom. The van der Waals surface area contributed by atoms with Crippen molar-refractivity contribution in [2.24, 2.45) is 0 Å². The average Bonchev–Trinajstić information content (AvgIpc) is 2.43. The first-order valence-corrected chi connectivity index (χ1v) is 6.45. The molecule has 3 N–H and O–H groups in total. The summed E-state index contributed by atoms with van der Waals surface area (Å²) in [4.78, 5) is 11.9. The first-order chi connectivity index (χ1) is 9.58. The summed E-state index contributed by atoms with van der Waals surface area (Å²) in [7, 11) is 0. The minimum atomic E-state index is -0.562. The van der Waals surface area contributed by atoms with Crippen molar-refractivity contribution in [1.29, 1.82) is 0 Å². The van der Waals surface area contributed by atoms with Crippen molar-refractivity contribution in [2.45, 2.75) is 13.3 Å². The van der Waals surface area contributed by atoms with Crippen LogP contribution in [0.1, 0.15) is 21.5 Å². The molecule has 0 aromatic heterocycles. The lowest BCUT2D eigenvalue weighted by atomic mass is 10.1. The van der Waals surface area contributed by atoms with Gasteiger partial charge in [0.15, 0.2) is 0 Å². The summed E-state index contributed by atoms with van der Waals surface area (Å²) < 4.78 is 13.5. The highest BCUT2D eigenvalue weighted by Gasteiger charge is 2.11. The van der Waals surface area contributed by atoms with Crippen molar-refractivity contribution in [2.75, 3.05) is 12.3 Å². The third-order valence-electron chi connectivity index (χ3n) is 3.18. The van der Waals surface area contributed by atoms with E-state index in [1.165, 1.54) is 29.3 Å². The SMILES string of the molecule is Cc1ccccc1CCNC(=O)c1cc(N)ccc1F. The lowest BCUT2D eigenvalue weighted by Gasteiger charge is -2.08. The standard InChI is InChI=1S/C16H17FN2O/c1-11-4-2-3-5-12(11)8-9-19-16(20)14-10-13(18)6-7-15(14)17/h2-7,10H,8-9,18H2,1H3,(H,19,20).